The second-order valence-corrected chi connectivity index (χ2v) is 6.12. The standard InChI is InChI=1S/C11H10ClNOS2/c12-10-4-3-8(13)6-11(10)16(14)7-9-2-1-5-15-9/h1-6H,7,13H2. The zero-order valence-corrected chi connectivity index (χ0v) is 10.7. The molecule has 0 saturated carbocycles. The molecule has 1 aromatic carbocycles. The third-order valence-electron chi connectivity index (χ3n) is 2.05. The molecule has 84 valence electrons. The van der Waals surface area contributed by atoms with E-state index < -0.39 is 10.8 Å². The smallest absolute Gasteiger partial charge is 0.0627 e. The highest BCUT2D eigenvalue weighted by Gasteiger charge is 2.10. The van der Waals surface area contributed by atoms with E-state index in [1.54, 1.807) is 29.5 Å². The minimum atomic E-state index is -1.14. The first-order chi connectivity index (χ1) is 7.66. The molecule has 2 N–H and O–H groups in total. The molecule has 2 aromatic rings. The van der Waals surface area contributed by atoms with Crippen molar-refractivity contribution in [1.29, 1.82) is 0 Å². The van der Waals surface area contributed by atoms with Crippen molar-refractivity contribution >= 4 is 39.4 Å². The van der Waals surface area contributed by atoms with Crippen molar-refractivity contribution in [3.05, 3.63) is 45.6 Å². The molecule has 0 fully saturated rings. The Morgan fingerprint density at radius 2 is 2.19 bits per heavy atom. The van der Waals surface area contributed by atoms with Crippen LogP contribution < -0.4 is 5.73 Å². The molecule has 0 bridgehead atoms. The largest absolute Gasteiger partial charge is 0.399 e. The summed E-state index contributed by atoms with van der Waals surface area (Å²) in [6.45, 7) is 0. The normalized spacial score (nSPS) is 12.6. The minimum Gasteiger partial charge on any atom is -0.399 e. The van der Waals surface area contributed by atoms with Crippen molar-refractivity contribution < 1.29 is 4.21 Å². The van der Waals surface area contributed by atoms with Crippen molar-refractivity contribution in [3.63, 3.8) is 0 Å². The summed E-state index contributed by atoms with van der Waals surface area (Å²) in [5.74, 6) is 0.487. The van der Waals surface area contributed by atoms with Crippen LogP contribution in [0.3, 0.4) is 0 Å². The summed E-state index contributed by atoms with van der Waals surface area (Å²) in [7, 11) is -1.14. The second kappa shape index (κ2) is 4.99. The zero-order valence-electron chi connectivity index (χ0n) is 8.35. The zero-order chi connectivity index (χ0) is 11.5. The van der Waals surface area contributed by atoms with Crippen LogP contribution in [0.5, 0.6) is 0 Å². The van der Waals surface area contributed by atoms with Gasteiger partial charge in [-0.25, -0.2) is 0 Å². The molecule has 2 nitrogen and oxygen atoms in total. The number of nitrogens with two attached hydrogens (primary N) is 1. The van der Waals surface area contributed by atoms with Crippen LogP contribution in [0, 0.1) is 0 Å². The summed E-state index contributed by atoms with van der Waals surface area (Å²) >= 11 is 7.57. The molecule has 0 aliphatic carbocycles. The van der Waals surface area contributed by atoms with Gasteiger partial charge in [0.1, 0.15) is 0 Å². The SMILES string of the molecule is Nc1ccc(Cl)c(S(=O)Cc2cccs2)c1. The highest BCUT2D eigenvalue weighted by atomic mass is 35.5. The number of anilines is 1. The van der Waals surface area contributed by atoms with Crippen molar-refractivity contribution in [3.8, 4) is 0 Å². The average molecular weight is 272 g/mol. The monoisotopic (exact) mass is 271 g/mol. The topological polar surface area (TPSA) is 43.1 Å². The van der Waals surface area contributed by atoms with Crippen molar-refractivity contribution in [2.75, 3.05) is 5.73 Å². The molecule has 1 heterocycles. The molecule has 1 atom stereocenters. The van der Waals surface area contributed by atoms with Gasteiger partial charge in [0.25, 0.3) is 0 Å². The molecule has 1 aromatic heterocycles. The second-order valence-electron chi connectivity index (χ2n) is 3.26. The molecule has 0 radical (unpaired) electrons. The predicted octanol–water partition coefficient (Wildman–Crippen LogP) is 3.29. The van der Waals surface area contributed by atoms with Gasteiger partial charge < -0.3 is 5.73 Å². The maximum atomic E-state index is 12.1. The molecule has 0 saturated heterocycles. The first kappa shape index (κ1) is 11.6. The Hall–Kier alpha value is -0.840. The molecule has 16 heavy (non-hydrogen) atoms. The molecule has 0 aliphatic rings. The number of hydrogen-bond acceptors (Lipinski definition) is 3. The van der Waals surface area contributed by atoms with Gasteiger partial charge in [0.2, 0.25) is 0 Å². The fraction of sp³-hybridized carbons (Fsp3) is 0.0909. The molecule has 0 spiro atoms. The first-order valence-electron chi connectivity index (χ1n) is 4.62. The van der Waals surface area contributed by atoms with E-state index in [1.807, 2.05) is 17.5 Å². The van der Waals surface area contributed by atoms with Crippen molar-refractivity contribution in [2.24, 2.45) is 0 Å². The summed E-state index contributed by atoms with van der Waals surface area (Å²) < 4.78 is 12.1. The van der Waals surface area contributed by atoms with Crippen molar-refractivity contribution in [2.45, 2.75) is 10.6 Å². The van der Waals surface area contributed by atoms with Gasteiger partial charge in [-0.1, -0.05) is 17.7 Å². The highest BCUT2D eigenvalue weighted by molar-refractivity contribution is 7.84. The van der Waals surface area contributed by atoms with Gasteiger partial charge in [0.05, 0.1) is 26.5 Å². The Morgan fingerprint density at radius 3 is 2.88 bits per heavy atom. The Labute approximate surface area is 106 Å². The van der Waals surface area contributed by atoms with E-state index in [4.69, 9.17) is 17.3 Å². The van der Waals surface area contributed by atoms with E-state index in [9.17, 15) is 4.21 Å². The Morgan fingerprint density at radius 1 is 1.38 bits per heavy atom. The number of thiophene rings is 1. The third-order valence-corrected chi connectivity index (χ3v) is 4.96. The van der Waals surface area contributed by atoms with E-state index in [-0.39, 0.29) is 0 Å². The molecular formula is C11H10ClNOS2. The molecule has 0 aliphatic heterocycles. The van der Waals surface area contributed by atoms with Crippen LogP contribution in [0.25, 0.3) is 0 Å². The maximum absolute atomic E-state index is 12.1. The molecule has 1 unspecified atom stereocenters. The van der Waals surface area contributed by atoms with Crippen LogP contribution in [-0.4, -0.2) is 4.21 Å². The molecule has 0 amide bonds. The predicted molar refractivity (Wildman–Crippen MR) is 70.3 cm³/mol. The molecule has 2 rings (SSSR count). The number of hydrogen-bond donors (Lipinski definition) is 1. The van der Waals surface area contributed by atoms with E-state index >= 15 is 0 Å². The average Bonchev–Trinajstić information content (AvgIpc) is 2.74. The molecule has 5 heteroatoms. The maximum Gasteiger partial charge on any atom is 0.0627 e. The number of halogens is 1. The van der Waals surface area contributed by atoms with Crippen LogP contribution in [0.4, 0.5) is 5.69 Å². The quantitative estimate of drug-likeness (QED) is 0.871. The Bertz CT molecular complexity index is 511. The van der Waals surface area contributed by atoms with Crippen LogP contribution in [0.15, 0.2) is 40.6 Å². The van der Waals surface area contributed by atoms with E-state index in [0.717, 1.165) is 4.88 Å². The van der Waals surface area contributed by atoms with Crippen LogP contribution >= 0.6 is 22.9 Å². The highest BCUT2D eigenvalue weighted by Crippen LogP contribution is 2.25. The summed E-state index contributed by atoms with van der Waals surface area (Å²) in [5.41, 5.74) is 6.23. The lowest BCUT2D eigenvalue weighted by Gasteiger charge is -2.04. The molecular weight excluding hydrogens is 262 g/mol. The summed E-state index contributed by atoms with van der Waals surface area (Å²) in [5, 5.41) is 2.47. The van der Waals surface area contributed by atoms with Crippen molar-refractivity contribution in [1.82, 2.24) is 0 Å². The fourth-order valence-corrected chi connectivity index (χ4v) is 3.82. The minimum absolute atomic E-state index is 0.487. The third kappa shape index (κ3) is 2.64. The van der Waals surface area contributed by atoms with E-state index in [2.05, 4.69) is 0 Å². The fourth-order valence-electron chi connectivity index (χ4n) is 1.30. The summed E-state index contributed by atoms with van der Waals surface area (Å²) in [6.07, 6.45) is 0. The van der Waals surface area contributed by atoms with E-state index in [0.29, 0.717) is 21.4 Å². The lowest BCUT2D eigenvalue weighted by molar-refractivity contribution is 0.683. The van der Waals surface area contributed by atoms with Gasteiger partial charge in [-0.2, -0.15) is 0 Å². The number of rotatable bonds is 3. The lowest BCUT2D eigenvalue weighted by Crippen LogP contribution is -1.97. The van der Waals surface area contributed by atoms with Gasteiger partial charge in [-0.15, -0.1) is 11.3 Å². The van der Waals surface area contributed by atoms with Gasteiger partial charge in [-0.05, 0) is 29.6 Å². The van der Waals surface area contributed by atoms with Gasteiger partial charge >= 0.3 is 0 Å². The van der Waals surface area contributed by atoms with Gasteiger partial charge in [-0.3, -0.25) is 4.21 Å². The van der Waals surface area contributed by atoms with Gasteiger partial charge in [0.15, 0.2) is 0 Å². The van der Waals surface area contributed by atoms with Crippen LogP contribution in [0.2, 0.25) is 5.02 Å². The number of nitrogen functional groups attached to an aromatic ring is 1. The Balaban J connectivity index is 2.24. The Kier molecular flexibility index (Phi) is 3.63. The van der Waals surface area contributed by atoms with E-state index in [1.165, 1.54) is 0 Å². The lowest BCUT2D eigenvalue weighted by atomic mass is 10.3. The summed E-state index contributed by atoms with van der Waals surface area (Å²) in [4.78, 5) is 1.69. The summed E-state index contributed by atoms with van der Waals surface area (Å²) in [6, 6.07) is 8.96. The van der Waals surface area contributed by atoms with Gasteiger partial charge in [0, 0.05) is 10.6 Å². The first-order valence-corrected chi connectivity index (χ1v) is 7.20. The van der Waals surface area contributed by atoms with Crippen LogP contribution in [0.1, 0.15) is 4.88 Å². The number of benzene rings is 1. The van der Waals surface area contributed by atoms with Crippen LogP contribution in [-0.2, 0) is 16.6 Å².